The molecule has 2 atom stereocenters. The molecule has 0 saturated carbocycles. The largest absolute Gasteiger partial charge is 0.355 e. The molecule has 0 radical (unpaired) electrons. The molecule has 2 amide bonds. The lowest BCUT2D eigenvalue weighted by atomic mass is 10.1. The zero-order valence-electron chi connectivity index (χ0n) is 8.06. The minimum Gasteiger partial charge on any atom is -0.338 e. The predicted molar refractivity (Wildman–Crippen MR) is 51.4 cm³/mol. The Morgan fingerprint density at radius 3 is 2.93 bits per heavy atom. The van der Waals surface area contributed by atoms with Crippen LogP contribution in [-0.2, 0) is 19.2 Å². The summed E-state index contributed by atoms with van der Waals surface area (Å²) in [4.78, 5) is 39.2. The number of amides is 2. The number of β-lactam (4-membered cyclic amide) rings is 1. The third-order valence-electron chi connectivity index (χ3n) is 2.30. The van der Waals surface area contributed by atoms with Gasteiger partial charge in [-0.2, -0.15) is 5.48 Å². The van der Waals surface area contributed by atoms with Gasteiger partial charge < -0.3 is 9.74 Å². The molecule has 0 aliphatic carbocycles. The summed E-state index contributed by atoms with van der Waals surface area (Å²) in [6, 6.07) is -0.548. The van der Waals surface area contributed by atoms with Gasteiger partial charge in [0.15, 0.2) is 0 Å². The van der Waals surface area contributed by atoms with E-state index in [0.29, 0.717) is 12.2 Å². The standard InChI is InChI=1S/C8H10N2O4S/c1-4(11)9-14-8(13)5-3-15-7-2-6(12)10(5)7/h5,7H,2-3H2,1H3,(H,9,11)/t5?,7-/m1/s1. The van der Waals surface area contributed by atoms with Gasteiger partial charge in [-0.3, -0.25) is 9.59 Å². The van der Waals surface area contributed by atoms with Gasteiger partial charge in [0.25, 0.3) is 0 Å². The summed E-state index contributed by atoms with van der Waals surface area (Å²) in [5, 5.41) is 0.118. The average Bonchev–Trinajstić information content (AvgIpc) is 2.51. The quantitative estimate of drug-likeness (QED) is 0.474. The number of carbonyl (C=O) groups is 3. The van der Waals surface area contributed by atoms with Crippen molar-refractivity contribution in [1.82, 2.24) is 10.4 Å². The van der Waals surface area contributed by atoms with Crippen molar-refractivity contribution in [1.29, 1.82) is 0 Å². The van der Waals surface area contributed by atoms with Gasteiger partial charge in [0.05, 0.1) is 11.8 Å². The van der Waals surface area contributed by atoms with E-state index in [1.165, 1.54) is 11.8 Å². The molecular formula is C8H10N2O4S. The van der Waals surface area contributed by atoms with Crippen molar-refractivity contribution in [3.8, 4) is 0 Å². The Morgan fingerprint density at radius 1 is 1.60 bits per heavy atom. The van der Waals surface area contributed by atoms with Gasteiger partial charge in [0, 0.05) is 12.7 Å². The van der Waals surface area contributed by atoms with Crippen LogP contribution in [0.5, 0.6) is 0 Å². The molecule has 7 heteroatoms. The van der Waals surface area contributed by atoms with Crippen LogP contribution >= 0.6 is 11.8 Å². The topological polar surface area (TPSA) is 75.7 Å². The molecule has 0 aromatic heterocycles. The molecule has 2 rings (SSSR count). The lowest BCUT2D eigenvalue weighted by Gasteiger charge is -2.36. The van der Waals surface area contributed by atoms with Crippen molar-refractivity contribution in [2.45, 2.75) is 24.8 Å². The van der Waals surface area contributed by atoms with Crippen molar-refractivity contribution in [3.63, 3.8) is 0 Å². The maximum Gasteiger partial charge on any atom is 0.355 e. The summed E-state index contributed by atoms with van der Waals surface area (Å²) in [5.74, 6) is -0.516. The van der Waals surface area contributed by atoms with Crippen molar-refractivity contribution >= 4 is 29.5 Å². The first-order chi connectivity index (χ1) is 7.09. The molecule has 2 fully saturated rings. The molecule has 0 aromatic rings. The number of carbonyl (C=O) groups excluding carboxylic acids is 3. The minimum absolute atomic E-state index is 0.0326. The average molecular weight is 230 g/mol. The molecule has 15 heavy (non-hydrogen) atoms. The van der Waals surface area contributed by atoms with Crippen LogP contribution in [0.4, 0.5) is 0 Å². The van der Waals surface area contributed by atoms with Crippen LogP contribution in [0.3, 0.4) is 0 Å². The molecule has 6 nitrogen and oxygen atoms in total. The van der Waals surface area contributed by atoms with Crippen molar-refractivity contribution < 1.29 is 19.2 Å². The SMILES string of the molecule is CC(=O)NOC(=O)C1CS[C@@H]2CC(=O)N12. The fourth-order valence-electron chi connectivity index (χ4n) is 1.57. The Bertz CT molecular complexity index is 333. The van der Waals surface area contributed by atoms with Gasteiger partial charge in [0.1, 0.15) is 6.04 Å². The van der Waals surface area contributed by atoms with Crippen LogP contribution in [-0.4, -0.2) is 39.9 Å². The van der Waals surface area contributed by atoms with Crippen LogP contribution in [0.25, 0.3) is 0 Å². The summed E-state index contributed by atoms with van der Waals surface area (Å²) < 4.78 is 0. The monoisotopic (exact) mass is 230 g/mol. The number of fused-ring (bicyclic) bond motifs is 1. The van der Waals surface area contributed by atoms with Gasteiger partial charge in [0.2, 0.25) is 11.8 Å². The van der Waals surface area contributed by atoms with Crippen molar-refractivity contribution in [2.75, 3.05) is 5.75 Å². The lowest BCUT2D eigenvalue weighted by Crippen LogP contribution is -2.55. The smallest absolute Gasteiger partial charge is 0.338 e. The fraction of sp³-hybridized carbons (Fsp3) is 0.625. The van der Waals surface area contributed by atoms with E-state index < -0.39 is 17.9 Å². The fourth-order valence-corrected chi connectivity index (χ4v) is 2.96. The Hall–Kier alpha value is -1.24. The predicted octanol–water partition coefficient (Wildman–Crippen LogP) is -0.746. The highest BCUT2D eigenvalue weighted by atomic mass is 32.2. The third kappa shape index (κ3) is 1.79. The van der Waals surface area contributed by atoms with E-state index in [4.69, 9.17) is 0 Å². The van der Waals surface area contributed by atoms with Gasteiger partial charge in [-0.25, -0.2) is 4.79 Å². The van der Waals surface area contributed by atoms with Crippen LogP contribution in [0.15, 0.2) is 0 Å². The second kappa shape index (κ2) is 3.73. The summed E-state index contributed by atoms with van der Waals surface area (Å²) in [5.41, 5.74) is 1.96. The molecule has 0 spiro atoms. The first-order valence-electron chi connectivity index (χ1n) is 4.49. The number of rotatable bonds is 1. The highest BCUT2D eigenvalue weighted by Gasteiger charge is 2.50. The number of nitrogens with one attached hydrogen (secondary N) is 1. The van der Waals surface area contributed by atoms with Crippen LogP contribution in [0.2, 0.25) is 0 Å². The summed E-state index contributed by atoms with van der Waals surface area (Å²) in [6.07, 6.45) is 0.495. The lowest BCUT2D eigenvalue weighted by molar-refractivity contribution is -0.167. The van der Waals surface area contributed by atoms with Gasteiger partial charge in [-0.15, -0.1) is 11.8 Å². The Kier molecular flexibility index (Phi) is 2.56. The molecule has 0 aromatic carbocycles. The molecule has 82 valence electrons. The third-order valence-corrected chi connectivity index (χ3v) is 3.58. The molecule has 1 unspecified atom stereocenters. The number of hydrogen-bond acceptors (Lipinski definition) is 5. The van der Waals surface area contributed by atoms with Crippen LogP contribution in [0.1, 0.15) is 13.3 Å². The van der Waals surface area contributed by atoms with Gasteiger partial charge in [-0.05, 0) is 0 Å². The van der Waals surface area contributed by atoms with E-state index in [-0.39, 0.29) is 11.3 Å². The van der Waals surface area contributed by atoms with Crippen LogP contribution < -0.4 is 5.48 Å². The molecule has 2 aliphatic heterocycles. The number of nitrogens with zero attached hydrogens (tertiary/aromatic N) is 1. The van der Waals surface area contributed by atoms with E-state index >= 15 is 0 Å². The second-order valence-electron chi connectivity index (χ2n) is 3.39. The van der Waals surface area contributed by atoms with Crippen molar-refractivity contribution in [2.24, 2.45) is 0 Å². The Labute approximate surface area is 90.3 Å². The normalized spacial score (nSPS) is 28.1. The maximum atomic E-state index is 11.4. The number of hydrogen-bond donors (Lipinski definition) is 1. The minimum atomic E-state index is -0.576. The van der Waals surface area contributed by atoms with Crippen LogP contribution in [0, 0.1) is 0 Å². The Balaban J connectivity index is 1.91. The first-order valence-corrected chi connectivity index (χ1v) is 5.54. The maximum absolute atomic E-state index is 11.4. The van der Waals surface area contributed by atoms with E-state index in [1.807, 2.05) is 5.48 Å². The molecule has 2 saturated heterocycles. The van der Waals surface area contributed by atoms with E-state index in [2.05, 4.69) is 4.84 Å². The van der Waals surface area contributed by atoms with Gasteiger partial charge in [-0.1, -0.05) is 0 Å². The molecule has 2 aliphatic rings. The number of hydroxylamine groups is 1. The zero-order valence-corrected chi connectivity index (χ0v) is 8.87. The summed E-state index contributed by atoms with van der Waals surface area (Å²) in [6.45, 7) is 1.24. The second-order valence-corrected chi connectivity index (χ2v) is 4.60. The zero-order chi connectivity index (χ0) is 11.0. The van der Waals surface area contributed by atoms with E-state index in [0.717, 1.165) is 0 Å². The first kappa shape index (κ1) is 10.3. The summed E-state index contributed by atoms with van der Waals surface area (Å²) >= 11 is 1.56. The highest BCUT2D eigenvalue weighted by molar-refractivity contribution is 8.00. The Morgan fingerprint density at radius 2 is 2.33 bits per heavy atom. The molecule has 0 bridgehead atoms. The molecule has 1 N–H and O–H groups in total. The van der Waals surface area contributed by atoms with Gasteiger partial charge >= 0.3 is 5.97 Å². The number of thioether (sulfide) groups is 1. The molecule has 2 heterocycles. The van der Waals surface area contributed by atoms with E-state index in [9.17, 15) is 14.4 Å². The van der Waals surface area contributed by atoms with E-state index in [1.54, 1.807) is 11.8 Å². The van der Waals surface area contributed by atoms with Crippen molar-refractivity contribution in [3.05, 3.63) is 0 Å². The highest BCUT2D eigenvalue weighted by Crippen LogP contribution is 2.39. The summed E-state index contributed by atoms with van der Waals surface area (Å²) in [7, 11) is 0. The molecular weight excluding hydrogens is 220 g/mol.